The molecule has 1 saturated heterocycles. The number of thiazole rings is 1. The lowest BCUT2D eigenvalue weighted by Gasteiger charge is -2.30. The summed E-state index contributed by atoms with van der Waals surface area (Å²) in [6, 6.07) is 11.2. The van der Waals surface area contributed by atoms with Gasteiger partial charge in [-0.25, -0.2) is 17.8 Å². The summed E-state index contributed by atoms with van der Waals surface area (Å²) in [6.07, 6.45) is 3.26. The maximum Gasteiger partial charge on any atom is 0.270 e. The van der Waals surface area contributed by atoms with Crippen LogP contribution < -0.4 is 4.90 Å². The zero-order valence-electron chi connectivity index (χ0n) is 18.3. The molecule has 0 radical (unpaired) electrons. The molecule has 0 aliphatic carbocycles. The Morgan fingerprint density at radius 3 is 2.48 bits per heavy atom. The zero-order valence-corrected chi connectivity index (χ0v) is 19.9. The maximum absolute atomic E-state index is 13.5. The first kappa shape index (κ1) is 22.2. The highest BCUT2D eigenvalue weighted by atomic mass is 32.2. The van der Waals surface area contributed by atoms with Gasteiger partial charge in [-0.1, -0.05) is 0 Å². The third-order valence-corrected chi connectivity index (χ3v) is 9.29. The van der Waals surface area contributed by atoms with Gasteiger partial charge in [-0.3, -0.25) is 4.79 Å². The summed E-state index contributed by atoms with van der Waals surface area (Å²) in [7, 11) is -3.50. The predicted molar refractivity (Wildman–Crippen MR) is 127 cm³/mol. The molecule has 6 nitrogen and oxygen atoms in total. The zero-order chi connectivity index (χ0) is 23.2. The number of rotatable bonds is 4. The highest BCUT2D eigenvalue weighted by Gasteiger charge is 2.31. The third kappa shape index (κ3) is 4.09. The fraction of sp³-hybridized carbons (Fsp3) is 0.333. The number of hydrogen-bond acceptors (Lipinski definition) is 5. The van der Waals surface area contributed by atoms with Crippen molar-refractivity contribution in [1.29, 1.82) is 0 Å². The Balaban J connectivity index is 1.45. The largest absolute Gasteiger partial charge is 0.307 e. The van der Waals surface area contributed by atoms with E-state index in [0.29, 0.717) is 40.1 Å². The minimum atomic E-state index is -3.50. The van der Waals surface area contributed by atoms with E-state index in [1.165, 1.54) is 27.8 Å². The van der Waals surface area contributed by atoms with Crippen molar-refractivity contribution in [3.63, 3.8) is 0 Å². The number of aryl methyl sites for hydroxylation is 2. The Labute approximate surface area is 196 Å². The molecular formula is C24H24FN3O3S2. The lowest BCUT2D eigenvalue weighted by Crippen LogP contribution is -2.35. The highest BCUT2D eigenvalue weighted by molar-refractivity contribution is 7.89. The Hall–Kier alpha value is -2.62. The van der Waals surface area contributed by atoms with Gasteiger partial charge < -0.3 is 4.90 Å². The van der Waals surface area contributed by atoms with E-state index in [1.807, 2.05) is 0 Å². The molecule has 2 aliphatic heterocycles. The quantitative estimate of drug-likeness (QED) is 0.540. The molecule has 0 spiro atoms. The molecule has 3 heterocycles. The monoisotopic (exact) mass is 485 g/mol. The van der Waals surface area contributed by atoms with E-state index in [4.69, 9.17) is 0 Å². The molecule has 33 heavy (non-hydrogen) atoms. The van der Waals surface area contributed by atoms with E-state index < -0.39 is 10.0 Å². The van der Waals surface area contributed by atoms with E-state index in [0.717, 1.165) is 42.5 Å². The summed E-state index contributed by atoms with van der Waals surface area (Å²) in [6.45, 7) is 3.48. The predicted octanol–water partition coefficient (Wildman–Crippen LogP) is 4.64. The van der Waals surface area contributed by atoms with Crippen LogP contribution in [0.4, 0.5) is 10.1 Å². The lowest BCUT2D eigenvalue weighted by molar-refractivity contribution is 0.0988. The van der Waals surface area contributed by atoms with Crippen LogP contribution in [0.15, 0.2) is 47.4 Å². The van der Waals surface area contributed by atoms with Crippen LogP contribution in [-0.2, 0) is 16.4 Å². The van der Waals surface area contributed by atoms with E-state index in [1.54, 1.807) is 42.2 Å². The van der Waals surface area contributed by atoms with E-state index in [-0.39, 0.29) is 11.7 Å². The molecule has 9 heteroatoms. The fourth-order valence-corrected chi connectivity index (χ4v) is 7.04. The summed E-state index contributed by atoms with van der Waals surface area (Å²) >= 11 is 1.29. The van der Waals surface area contributed by atoms with E-state index in [2.05, 4.69) is 4.98 Å². The number of hydrogen-bond donors (Lipinski definition) is 0. The van der Waals surface area contributed by atoms with Crippen LogP contribution in [-0.4, -0.2) is 43.2 Å². The molecule has 0 bridgehead atoms. The van der Waals surface area contributed by atoms with Crippen molar-refractivity contribution in [2.45, 2.75) is 37.5 Å². The van der Waals surface area contributed by atoms with Gasteiger partial charge in [-0.2, -0.15) is 4.31 Å². The number of sulfonamides is 1. The lowest BCUT2D eigenvalue weighted by atomic mass is 10.0. The number of fused-ring (bicyclic) bond motifs is 1. The Bertz CT molecular complexity index is 1310. The van der Waals surface area contributed by atoms with Crippen LogP contribution in [0.2, 0.25) is 0 Å². The Kier molecular flexibility index (Phi) is 5.80. The SMILES string of the molecule is Cc1nc(-c2ccc(F)cc2)sc1C(=O)N1CCCc2cc(S(=O)(=O)N3CCCC3)ccc21. The number of halogens is 1. The molecule has 1 aromatic heterocycles. The standard InChI is InChI=1S/C24H24FN3O3S2/c1-16-22(32-23(26-16)17-6-8-19(25)9-7-17)24(29)28-14-4-5-18-15-20(10-11-21(18)28)33(30,31)27-12-2-3-13-27/h6-11,15H,2-5,12-14H2,1H3. The summed E-state index contributed by atoms with van der Waals surface area (Å²) < 4.78 is 40.8. The van der Waals surface area contributed by atoms with Crippen LogP contribution in [0.1, 0.15) is 40.2 Å². The first-order chi connectivity index (χ1) is 15.8. The van der Waals surface area contributed by atoms with Crippen LogP contribution in [0, 0.1) is 12.7 Å². The van der Waals surface area contributed by atoms with Crippen LogP contribution >= 0.6 is 11.3 Å². The van der Waals surface area contributed by atoms with Crippen LogP contribution in [0.5, 0.6) is 0 Å². The number of anilines is 1. The minimum Gasteiger partial charge on any atom is -0.307 e. The number of carbonyl (C=O) groups excluding carboxylic acids is 1. The van der Waals surface area contributed by atoms with Gasteiger partial charge in [-0.05, 0) is 80.6 Å². The molecule has 172 valence electrons. The van der Waals surface area contributed by atoms with Gasteiger partial charge >= 0.3 is 0 Å². The molecule has 0 unspecified atom stereocenters. The Morgan fingerprint density at radius 2 is 1.76 bits per heavy atom. The van der Waals surface area contributed by atoms with Gasteiger partial charge in [0.05, 0.1) is 10.6 Å². The molecule has 1 amide bonds. The normalized spacial score (nSPS) is 16.7. The molecular weight excluding hydrogens is 461 g/mol. The molecule has 0 N–H and O–H groups in total. The molecule has 1 fully saturated rings. The average molecular weight is 486 g/mol. The fourth-order valence-electron chi connectivity index (χ4n) is 4.46. The molecule has 0 saturated carbocycles. The molecule has 2 aromatic carbocycles. The van der Waals surface area contributed by atoms with Crippen molar-refractivity contribution < 1.29 is 17.6 Å². The number of benzene rings is 2. The summed E-state index contributed by atoms with van der Waals surface area (Å²) in [5.74, 6) is -0.464. The van der Waals surface area contributed by atoms with E-state index in [9.17, 15) is 17.6 Å². The van der Waals surface area contributed by atoms with Crippen molar-refractivity contribution >= 4 is 33.0 Å². The Morgan fingerprint density at radius 1 is 1.03 bits per heavy atom. The van der Waals surface area contributed by atoms with Crippen molar-refractivity contribution in [3.05, 3.63) is 64.4 Å². The van der Waals surface area contributed by atoms with Gasteiger partial charge in [0.2, 0.25) is 10.0 Å². The second-order valence-corrected chi connectivity index (χ2v) is 11.3. The number of carbonyl (C=O) groups is 1. The average Bonchev–Trinajstić information content (AvgIpc) is 3.49. The third-order valence-electron chi connectivity index (χ3n) is 6.20. The smallest absolute Gasteiger partial charge is 0.270 e. The molecule has 0 atom stereocenters. The van der Waals surface area contributed by atoms with Gasteiger partial charge in [-0.15, -0.1) is 11.3 Å². The molecule has 3 aromatic rings. The highest BCUT2D eigenvalue weighted by Crippen LogP contribution is 2.35. The minimum absolute atomic E-state index is 0.144. The first-order valence-corrected chi connectivity index (χ1v) is 13.3. The topological polar surface area (TPSA) is 70.6 Å². The molecule has 5 rings (SSSR count). The maximum atomic E-state index is 13.5. The summed E-state index contributed by atoms with van der Waals surface area (Å²) in [5, 5.41) is 0.667. The summed E-state index contributed by atoms with van der Waals surface area (Å²) in [4.78, 5) is 20.6. The first-order valence-electron chi connectivity index (χ1n) is 11.0. The van der Waals surface area contributed by atoms with Gasteiger partial charge in [0.25, 0.3) is 5.91 Å². The number of amides is 1. The second kappa shape index (κ2) is 8.62. The van der Waals surface area contributed by atoms with Gasteiger partial charge in [0.15, 0.2) is 0 Å². The van der Waals surface area contributed by atoms with E-state index >= 15 is 0 Å². The molecule has 2 aliphatic rings. The number of aromatic nitrogens is 1. The summed E-state index contributed by atoms with van der Waals surface area (Å²) in [5.41, 5.74) is 3.02. The van der Waals surface area contributed by atoms with Crippen molar-refractivity contribution in [3.8, 4) is 10.6 Å². The van der Waals surface area contributed by atoms with Crippen molar-refractivity contribution in [2.24, 2.45) is 0 Å². The van der Waals surface area contributed by atoms with Crippen LogP contribution in [0.25, 0.3) is 10.6 Å². The van der Waals surface area contributed by atoms with Crippen molar-refractivity contribution in [2.75, 3.05) is 24.5 Å². The van der Waals surface area contributed by atoms with Crippen molar-refractivity contribution in [1.82, 2.24) is 9.29 Å². The number of nitrogens with zero attached hydrogens (tertiary/aromatic N) is 3. The van der Waals surface area contributed by atoms with Gasteiger partial charge in [0.1, 0.15) is 15.7 Å². The second-order valence-electron chi connectivity index (χ2n) is 8.40. The van der Waals surface area contributed by atoms with Crippen LogP contribution in [0.3, 0.4) is 0 Å². The van der Waals surface area contributed by atoms with Gasteiger partial charge in [0, 0.05) is 30.9 Å².